The van der Waals surface area contributed by atoms with Crippen molar-refractivity contribution in [1.82, 2.24) is 10.2 Å². The van der Waals surface area contributed by atoms with E-state index in [2.05, 4.69) is 22.0 Å². The number of halogens is 3. The summed E-state index contributed by atoms with van der Waals surface area (Å²) < 4.78 is 41.9. The van der Waals surface area contributed by atoms with Gasteiger partial charge in [0.15, 0.2) is 5.84 Å². The van der Waals surface area contributed by atoms with E-state index in [0.717, 1.165) is 44.6 Å². The third-order valence-electron chi connectivity index (χ3n) is 6.16. The van der Waals surface area contributed by atoms with Gasteiger partial charge in [0.25, 0.3) is 0 Å². The van der Waals surface area contributed by atoms with Crippen LogP contribution < -0.4 is 10.1 Å². The van der Waals surface area contributed by atoms with E-state index in [0.29, 0.717) is 17.4 Å². The van der Waals surface area contributed by atoms with E-state index >= 15 is 0 Å². The van der Waals surface area contributed by atoms with E-state index in [1.165, 1.54) is 31.4 Å². The zero-order chi connectivity index (χ0) is 20.5. The number of nitrogens with one attached hydrogen (secondary N) is 1. The summed E-state index contributed by atoms with van der Waals surface area (Å²) in [6, 6.07) is 6.40. The maximum Gasteiger partial charge on any atom is 0.573 e. The van der Waals surface area contributed by atoms with Gasteiger partial charge in [-0.2, -0.15) is 0 Å². The van der Waals surface area contributed by atoms with Gasteiger partial charge in [-0.3, -0.25) is 4.99 Å². The Morgan fingerprint density at radius 1 is 1.14 bits per heavy atom. The molecule has 158 valence electrons. The van der Waals surface area contributed by atoms with E-state index in [9.17, 15) is 13.2 Å². The Morgan fingerprint density at radius 3 is 2.55 bits per heavy atom. The van der Waals surface area contributed by atoms with Crippen molar-refractivity contribution in [2.75, 3.05) is 20.1 Å². The first-order valence-electron chi connectivity index (χ1n) is 10.4. The first-order chi connectivity index (χ1) is 13.9. The molecule has 8 heteroatoms. The molecule has 1 N–H and O–H groups in total. The van der Waals surface area contributed by atoms with Crippen LogP contribution in [0.15, 0.2) is 34.3 Å². The highest BCUT2D eigenvalue weighted by Gasteiger charge is 2.44. The van der Waals surface area contributed by atoms with Gasteiger partial charge in [-0.1, -0.05) is 31.4 Å². The summed E-state index contributed by atoms with van der Waals surface area (Å²) in [5, 5.41) is 3.38. The normalized spacial score (nSPS) is 22.3. The SMILES string of the molecule is CN(C1=NC(c2cccc(OC(F)(F)F)c2)=NC12CCNCC2)C1CCCCC1. The zero-order valence-electron chi connectivity index (χ0n) is 16.6. The minimum absolute atomic E-state index is 0.249. The lowest BCUT2D eigenvalue weighted by Crippen LogP contribution is -2.53. The number of rotatable bonds is 3. The van der Waals surface area contributed by atoms with Crippen molar-refractivity contribution >= 4 is 11.7 Å². The Kier molecular flexibility index (Phi) is 5.55. The predicted octanol–water partition coefficient (Wildman–Crippen LogP) is 4.13. The number of benzene rings is 1. The van der Waals surface area contributed by atoms with Gasteiger partial charge in [0.2, 0.25) is 0 Å². The average Bonchev–Trinajstić information content (AvgIpc) is 3.06. The molecule has 1 saturated heterocycles. The van der Waals surface area contributed by atoms with Gasteiger partial charge in [0.05, 0.1) is 0 Å². The molecule has 1 spiro atoms. The number of hydrogen-bond acceptors (Lipinski definition) is 5. The molecule has 2 fully saturated rings. The molecule has 0 atom stereocenters. The minimum atomic E-state index is -4.72. The maximum absolute atomic E-state index is 12.6. The topological polar surface area (TPSA) is 49.2 Å². The van der Waals surface area contributed by atoms with Crippen molar-refractivity contribution in [2.45, 2.75) is 62.9 Å². The van der Waals surface area contributed by atoms with Gasteiger partial charge >= 0.3 is 6.36 Å². The van der Waals surface area contributed by atoms with E-state index in [-0.39, 0.29) is 5.75 Å². The summed E-state index contributed by atoms with van der Waals surface area (Å²) in [7, 11) is 2.10. The lowest BCUT2D eigenvalue weighted by Gasteiger charge is -2.40. The molecular formula is C21H27F3N4O. The monoisotopic (exact) mass is 408 g/mol. The molecule has 0 aromatic heterocycles. The van der Waals surface area contributed by atoms with Gasteiger partial charge in [-0.05, 0) is 50.9 Å². The van der Waals surface area contributed by atoms with Crippen LogP contribution in [0.1, 0.15) is 50.5 Å². The average molecular weight is 408 g/mol. The van der Waals surface area contributed by atoms with Gasteiger partial charge in [0.1, 0.15) is 17.1 Å². The predicted molar refractivity (Wildman–Crippen MR) is 107 cm³/mol. The highest BCUT2D eigenvalue weighted by molar-refractivity contribution is 6.14. The highest BCUT2D eigenvalue weighted by atomic mass is 19.4. The van der Waals surface area contributed by atoms with Crippen LogP contribution >= 0.6 is 0 Å². The van der Waals surface area contributed by atoms with Crippen LogP contribution in [-0.2, 0) is 0 Å². The Bertz CT molecular complexity index is 793. The largest absolute Gasteiger partial charge is 0.573 e. The van der Waals surface area contributed by atoms with E-state index < -0.39 is 11.9 Å². The third-order valence-corrected chi connectivity index (χ3v) is 6.16. The molecule has 3 aliphatic rings. The van der Waals surface area contributed by atoms with Gasteiger partial charge in [-0.15, -0.1) is 13.2 Å². The number of ether oxygens (including phenoxy) is 1. The van der Waals surface area contributed by atoms with Gasteiger partial charge in [-0.25, -0.2) is 4.99 Å². The Labute approximate surface area is 169 Å². The van der Waals surface area contributed by atoms with Crippen molar-refractivity contribution < 1.29 is 17.9 Å². The lowest BCUT2D eigenvalue weighted by atomic mass is 9.85. The molecule has 0 bridgehead atoms. The standard InChI is InChI=1S/C21H27F3N4O/c1-28(16-7-3-2-4-8-16)19-20(10-12-25-13-11-20)27-18(26-19)15-6-5-9-17(14-15)29-21(22,23)24/h5-6,9,14,16,25H,2-4,7-8,10-13H2,1H3. The highest BCUT2D eigenvalue weighted by Crippen LogP contribution is 2.35. The van der Waals surface area contributed by atoms with Crippen molar-refractivity contribution in [1.29, 1.82) is 0 Å². The second-order valence-corrected chi connectivity index (χ2v) is 8.13. The molecule has 1 saturated carbocycles. The number of aliphatic imine (C=N–C) groups is 2. The second kappa shape index (κ2) is 7.97. The van der Waals surface area contributed by atoms with Crippen LogP contribution in [0.3, 0.4) is 0 Å². The quantitative estimate of drug-likeness (QED) is 0.818. The second-order valence-electron chi connectivity index (χ2n) is 8.13. The summed E-state index contributed by atoms with van der Waals surface area (Å²) >= 11 is 0. The Morgan fingerprint density at radius 2 is 1.86 bits per heavy atom. The Hall–Kier alpha value is -2.09. The molecule has 0 unspecified atom stereocenters. The van der Waals surface area contributed by atoms with Crippen molar-refractivity contribution in [3.8, 4) is 5.75 Å². The van der Waals surface area contributed by atoms with E-state index in [1.54, 1.807) is 12.1 Å². The summed E-state index contributed by atoms with van der Waals surface area (Å²) in [6.45, 7) is 1.71. The van der Waals surface area contributed by atoms with Crippen LogP contribution in [0.2, 0.25) is 0 Å². The molecule has 2 heterocycles. The van der Waals surface area contributed by atoms with Crippen molar-refractivity contribution in [2.24, 2.45) is 9.98 Å². The first-order valence-corrected chi connectivity index (χ1v) is 10.4. The van der Waals surface area contributed by atoms with Gasteiger partial charge in [0, 0.05) is 18.7 Å². The van der Waals surface area contributed by atoms with Crippen LogP contribution in [0, 0.1) is 0 Å². The van der Waals surface area contributed by atoms with Crippen LogP contribution in [0.4, 0.5) is 13.2 Å². The number of nitrogens with zero attached hydrogens (tertiary/aromatic N) is 3. The molecule has 2 aliphatic heterocycles. The smallest absolute Gasteiger partial charge is 0.406 e. The lowest BCUT2D eigenvalue weighted by molar-refractivity contribution is -0.274. The molecule has 4 rings (SSSR count). The first kappa shape index (κ1) is 20.2. The number of alkyl halides is 3. The summed E-state index contributed by atoms with van der Waals surface area (Å²) in [5.74, 6) is 1.21. The zero-order valence-corrected chi connectivity index (χ0v) is 16.6. The fourth-order valence-corrected chi connectivity index (χ4v) is 4.67. The number of hydrogen-bond donors (Lipinski definition) is 1. The molecule has 1 aromatic carbocycles. The van der Waals surface area contributed by atoms with Crippen molar-refractivity contribution in [3.63, 3.8) is 0 Å². The molecule has 1 aliphatic carbocycles. The minimum Gasteiger partial charge on any atom is -0.406 e. The molecule has 1 aromatic rings. The summed E-state index contributed by atoms with van der Waals surface area (Å²) in [6.07, 6.45) is 2.98. The number of likely N-dealkylation sites (N-methyl/N-ethyl adjacent to an activating group) is 1. The van der Waals surface area contributed by atoms with Crippen LogP contribution in [0.25, 0.3) is 0 Å². The fraction of sp³-hybridized carbons (Fsp3) is 0.619. The molecule has 0 radical (unpaired) electrons. The molecule has 5 nitrogen and oxygen atoms in total. The molecule has 0 amide bonds. The Balaban J connectivity index is 1.65. The maximum atomic E-state index is 12.6. The van der Waals surface area contributed by atoms with Crippen LogP contribution in [-0.4, -0.2) is 54.7 Å². The third kappa shape index (κ3) is 4.42. The number of amidine groups is 2. The number of piperidine rings is 1. The fourth-order valence-electron chi connectivity index (χ4n) is 4.67. The van der Waals surface area contributed by atoms with Crippen molar-refractivity contribution in [3.05, 3.63) is 29.8 Å². The van der Waals surface area contributed by atoms with Gasteiger partial charge < -0.3 is 15.0 Å². The summed E-state index contributed by atoms with van der Waals surface area (Å²) in [4.78, 5) is 12.1. The molecule has 29 heavy (non-hydrogen) atoms. The van der Waals surface area contributed by atoms with E-state index in [4.69, 9.17) is 9.98 Å². The van der Waals surface area contributed by atoms with Crippen LogP contribution in [0.5, 0.6) is 5.75 Å². The summed E-state index contributed by atoms with van der Waals surface area (Å²) in [5.41, 5.74) is 0.157. The van der Waals surface area contributed by atoms with E-state index in [1.807, 2.05) is 0 Å². The molecular weight excluding hydrogens is 381 g/mol.